The molecule has 4 heteroatoms. The molecule has 1 aromatic rings. The van der Waals surface area contributed by atoms with Crippen molar-refractivity contribution in [1.29, 1.82) is 0 Å². The van der Waals surface area contributed by atoms with Crippen LogP contribution in [0.4, 0.5) is 0 Å². The average Bonchev–Trinajstić information content (AvgIpc) is 2.27. The van der Waals surface area contributed by atoms with Crippen molar-refractivity contribution in [3.8, 4) is 0 Å². The van der Waals surface area contributed by atoms with Crippen LogP contribution < -0.4 is 5.73 Å². The van der Waals surface area contributed by atoms with Gasteiger partial charge in [-0.3, -0.25) is 9.59 Å². The fourth-order valence-electron chi connectivity index (χ4n) is 1.02. The van der Waals surface area contributed by atoms with Gasteiger partial charge in [-0.25, -0.2) is 0 Å². The molecule has 1 rings (SSSR count). The molecule has 1 aromatic carbocycles. The van der Waals surface area contributed by atoms with Crippen molar-refractivity contribution in [3.63, 3.8) is 0 Å². The van der Waals surface area contributed by atoms with E-state index in [2.05, 4.69) is 0 Å². The minimum atomic E-state index is -0.895. The summed E-state index contributed by atoms with van der Waals surface area (Å²) in [7, 11) is 0. The number of esters is 1. The average molecular weight is 206 g/mol. The third kappa shape index (κ3) is 4.37. The van der Waals surface area contributed by atoms with Crippen molar-refractivity contribution in [2.45, 2.75) is 19.1 Å². The van der Waals surface area contributed by atoms with Crippen LogP contribution in [-0.4, -0.2) is 18.3 Å². The van der Waals surface area contributed by atoms with Crippen molar-refractivity contribution >= 4 is 12.3 Å². The van der Waals surface area contributed by atoms with Crippen molar-refractivity contribution in [2.75, 3.05) is 0 Å². The zero-order chi connectivity index (χ0) is 11.1. The van der Waals surface area contributed by atoms with Crippen LogP contribution in [0.5, 0.6) is 0 Å². The second kappa shape index (κ2) is 5.93. The Bertz CT molecular complexity index is 324. The number of hydrogen-bond acceptors (Lipinski definition) is 4. The highest BCUT2D eigenvalue weighted by molar-refractivity contribution is 5.75. The van der Waals surface area contributed by atoms with E-state index in [1.54, 1.807) is 0 Å². The molecule has 0 saturated carbocycles. The van der Waals surface area contributed by atoms with Crippen LogP contribution in [0.1, 0.15) is 12.0 Å². The molecule has 0 bridgehead atoms. The van der Waals surface area contributed by atoms with Gasteiger partial charge in [0, 0.05) is 0 Å². The van der Waals surface area contributed by atoms with Gasteiger partial charge in [0.25, 0.3) is 0 Å². The summed E-state index contributed by atoms with van der Waals surface area (Å²) in [6.45, 7) is 0.200. The number of rotatable bonds is 5. The maximum absolute atomic E-state index is 11.1. The van der Waals surface area contributed by atoms with Crippen molar-refractivity contribution in [3.05, 3.63) is 35.9 Å². The van der Waals surface area contributed by atoms with Crippen molar-refractivity contribution in [2.24, 2.45) is 5.73 Å². The van der Waals surface area contributed by atoms with Gasteiger partial charge >= 0.3 is 5.97 Å². The number of ether oxygens (including phenoxy) is 1. The fourth-order valence-corrected chi connectivity index (χ4v) is 1.02. The Hall–Kier alpha value is -1.68. The van der Waals surface area contributed by atoms with Gasteiger partial charge in [0.2, 0.25) is 6.29 Å². The molecule has 0 fully saturated rings. The van der Waals surface area contributed by atoms with Gasteiger partial charge in [-0.2, -0.15) is 0 Å². The second-order valence-electron chi connectivity index (χ2n) is 3.07. The summed E-state index contributed by atoms with van der Waals surface area (Å²) in [5.74, 6) is -0.491. The van der Waals surface area contributed by atoms with E-state index in [1.165, 1.54) is 6.29 Å². The summed E-state index contributed by atoms with van der Waals surface area (Å²) in [4.78, 5) is 21.2. The van der Waals surface area contributed by atoms with E-state index >= 15 is 0 Å². The SMILES string of the molecule is N[C@H]([C]=O)CC(=O)OCc1ccccc1. The Morgan fingerprint density at radius 1 is 1.40 bits per heavy atom. The quantitative estimate of drug-likeness (QED) is 0.714. The first-order valence-corrected chi connectivity index (χ1v) is 4.55. The largest absolute Gasteiger partial charge is 0.461 e. The monoisotopic (exact) mass is 206 g/mol. The Balaban J connectivity index is 2.31. The summed E-state index contributed by atoms with van der Waals surface area (Å²) in [5.41, 5.74) is 6.12. The van der Waals surface area contributed by atoms with Crippen LogP contribution in [-0.2, 0) is 20.9 Å². The predicted octanol–water partition coefficient (Wildman–Crippen LogP) is 0.557. The summed E-state index contributed by atoms with van der Waals surface area (Å²) in [6.07, 6.45) is 1.39. The normalized spacial score (nSPS) is 11.8. The minimum absolute atomic E-state index is 0.129. The molecule has 1 radical (unpaired) electrons. The lowest BCUT2D eigenvalue weighted by molar-refractivity contribution is -0.145. The van der Waals surface area contributed by atoms with Crippen LogP contribution >= 0.6 is 0 Å². The third-order valence-electron chi connectivity index (χ3n) is 1.78. The van der Waals surface area contributed by atoms with Gasteiger partial charge in [0.15, 0.2) is 0 Å². The zero-order valence-electron chi connectivity index (χ0n) is 8.18. The summed E-state index contributed by atoms with van der Waals surface area (Å²) >= 11 is 0. The molecule has 2 N–H and O–H groups in total. The molecule has 0 aliphatic carbocycles. The summed E-state index contributed by atoms with van der Waals surface area (Å²) in [5, 5.41) is 0. The summed E-state index contributed by atoms with van der Waals surface area (Å²) < 4.78 is 4.90. The molecule has 0 saturated heterocycles. The van der Waals surface area contributed by atoms with Gasteiger partial charge in [0.05, 0.1) is 12.5 Å². The molecule has 0 aliphatic rings. The maximum atomic E-state index is 11.1. The maximum Gasteiger partial charge on any atom is 0.308 e. The lowest BCUT2D eigenvalue weighted by Crippen LogP contribution is -2.25. The molecule has 79 valence electrons. The molecule has 0 spiro atoms. The standard InChI is InChI=1S/C11H12NO3/c12-10(7-13)6-11(14)15-8-9-4-2-1-3-5-9/h1-5,10H,6,8,12H2/t10-/m0/s1. The molecular weight excluding hydrogens is 194 g/mol. The van der Waals surface area contributed by atoms with Gasteiger partial charge in [-0.1, -0.05) is 30.3 Å². The van der Waals surface area contributed by atoms with E-state index in [0.29, 0.717) is 0 Å². The Morgan fingerprint density at radius 3 is 2.67 bits per heavy atom. The van der Waals surface area contributed by atoms with Gasteiger partial charge in [-0.15, -0.1) is 0 Å². The molecule has 0 heterocycles. The van der Waals surface area contributed by atoms with E-state index < -0.39 is 12.0 Å². The van der Waals surface area contributed by atoms with Crippen LogP contribution in [0.25, 0.3) is 0 Å². The van der Waals surface area contributed by atoms with E-state index in [4.69, 9.17) is 10.5 Å². The van der Waals surface area contributed by atoms with E-state index in [-0.39, 0.29) is 13.0 Å². The highest BCUT2D eigenvalue weighted by atomic mass is 16.5. The first-order chi connectivity index (χ1) is 7.22. The number of carbonyl (C=O) groups excluding carboxylic acids is 2. The van der Waals surface area contributed by atoms with Gasteiger partial charge in [-0.05, 0) is 5.56 Å². The van der Waals surface area contributed by atoms with E-state index in [1.807, 2.05) is 30.3 Å². The van der Waals surface area contributed by atoms with Crippen molar-refractivity contribution < 1.29 is 14.3 Å². The van der Waals surface area contributed by atoms with Crippen LogP contribution in [0.3, 0.4) is 0 Å². The molecular formula is C11H12NO3. The van der Waals surface area contributed by atoms with Gasteiger partial charge in [0.1, 0.15) is 6.61 Å². The third-order valence-corrected chi connectivity index (χ3v) is 1.78. The minimum Gasteiger partial charge on any atom is -0.461 e. The lowest BCUT2D eigenvalue weighted by Gasteiger charge is -2.05. The molecule has 0 unspecified atom stereocenters. The molecule has 1 atom stereocenters. The number of carbonyl (C=O) groups is 1. The molecule has 15 heavy (non-hydrogen) atoms. The zero-order valence-corrected chi connectivity index (χ0v) is 8.18. The predicted molar refractivity (Wildman–Crippen MR) is 54.5 cm³/mol. The van der Waals surface area contributed by atoms with Gasteiger partial charge < -0.3 is 10.5 Å². The fraction of sp³-hybridized carbons (Fsp3) is 0.273. The number of hydrogen-bond donors (Lipinski definition) is 1. The second-order valence-corrected chi connectivity index (χ2v) is 3.07. The van der Waals surface area contributed by atoms with Crippen LogP contribution in [0.2, 0.25) is 0 Å². The highest BCUT2D eigenvalue weighted by Gasteiger charge is 2.10. The molecule has 0 amide bonds. The Morgan fingerprint density at radius 2 is 2.07 bits per heavy atom. The summed E-state index contributed by atoms with van der Waals surface area (Å²) in [6, 6.07) is 8.39. The topological polar surface area (TPSA) is 69.4 Å². The molecule has 0 aliphatic heterocycles. The lowest BCUT2D eigenvalue weighted by atomic mass is 10.2. The first kappa shape index (κ1) is 11.4. The van der Waals surface area contributed by atoms with Crippen molar-refractivity contribution in [1.82, 2.24) is 0 Å². The first-order valence-electron chi connectivity index (χ1n) is 4.55. The molecule has 0 aromatic heterocycles. The van der Waals surface area contributed by atoms with E-state index in [9.17, 15) is 9.59 Å². The number of benzene rings is 1. The molecule has 4 nitrogen and oxygen atoms in total. The van der Waals surface area contributed by atoms with Crippen LogP contribution in [0, 0.1) is 0 Å². The highest BCUT2D eigenvalue weighted by Crippen LogP contribution is 2.01. The Kier molecular flexibility index (Phi) is 4.50. The Labute approximate surface area is 88.0 Å². The number of nitrogens with two attached hydrogens (primary N) is 1. The smallest absolute Gasteiger partial charge is 0.308 e. The van der Waals surface area contributed by atoms with Crippen LogP contribution in [0.15, 0.2) is 30.3 Å². The van der Waals surface area contributed by atoms with E-state index in [0.717, 1.165) is 5.56 Å².